The van der Waals surface area contributed by atoms with Gasteiger partial charge in [-0.05, 0) is 47.3 Å². The highest BCUT2D eigenvalue weighted by molar-refractivity contribution is 9.10. The summed E-state index contributed by atoms with van der Waals surface area (Å²) in [4.78, 5) is 24.5. The summed E-state index contributed by atoms with van der Waals surface area (Å²) in [5, 5.41) is 9.12. The van der Waals surface area contributed by atoms with Crippen LogP contribution in [0.4, 0.5) is 10.3 Å². The van der Waals surface area contributed by atoms with Gasteiger partial charge in [0.2, 0.25) is 11.9 Å². The van der Waals surface area contributed by atoms with E-state index in [0.29, 0.717) is 44.6 Å². The monoisotopic (exact) mass is 469 g/mol. The summed E-state index contributed by atoms with van der Waals surface area (Å²) in [7, 11) is 0. The van der Waals surface area contributed by atoms with Crippen LogP contribution in [0.5, 0.6) is 0 Å². The predicted molar refractivity (Wildman–Crippen MR) is 114 cm³/mol. The van der Waals surface area contributed by atoms with Crippen molar-refractivity contribution in [3.63, 3.8) is 0 Å². The van der Waals surface area contributed by atoms with Crippen LogP contribution in [-0.4, -0.2) is 36.7 Å². The summed E-state index contributed by atoms with van der Waals surface area (Å²) < 4.78 is 16.7. The first kappa shape index (κ1) is 18.9. The number of carbonyl (C=O) groups is 1. The highest BCUT2D eigenvalue weighted by Crippen LogP contribution is 2.30. The van der Waals surface area contributed by atoms with Crippen molar-refractivity contribution in [2.45, 2.75) is 25.3 Å². The Hall–Kier alpha value is -3.14. The highest BCUT2D eigenvalue weighted by Gasteiger charge is 2.29. The molecule has 0 radical (unpaired) electrons. The molecular formula is C20H17BrFN7O. The van der Waals surface area contributed by atoms with E-state index >= 15 is 0 Å². The van der Waals surface area contributed by atoms with Crippen LogP contribution in [0.2, 0.25) is 0 Å². The van der Waals surface area contributed by atoms with Crippen LogP contribution >= 0.6 is 15.9 Å². The molecule has 0 bridgehead atoms. The third-order valence-corrected chi connectivity index (χ3v) is 6.02. The summed E-state index contributed by atoms with van der Waals surface area (Å²) in [6, 6.07) is 6.83. The Kier molecular flexibility index (Phi) is 4.58. The standard InChI is InChI=1S/C20H17BrFN7O/c21-17-14-9-25-20(26-12-4-3-11(6-12)18(23)30)27-19(14)29(28-17)13-7-10-2-1-5-24-16(10)15(22)8-13/h1-2,5,7-9,11-12H,3-4,6H2,(H2,23,30)(H,25,26,27)/t11-,12-/m1/s1. The van der Waals surface area contributed by atoms with E-state index in [9.17, 15) is 9.18 Å². The van der Waals surface area contributed by atoms with Gasteiger partial charge in [0.05, 0.1) is 11.1 Å². The molecule has 3 aromatic heterocycles. The zero-order valence-electron chi connectivity index (χ0n) is 15.7. The van der Waals surface area contributed by atoms with Crippen molar-refractivity contribution in [2.24, 2.45) is 11.7 Å². The van der Waals surface area contributed by atoms with Crippen molar-refractivity contribution in [3.05, 3.63) is 47.1 Å². The molecule has 1 aromatic carbocycles. The molecule has 5 rings (SSSR count). The zero-order chi connectivity index (χ0) is 20.8. The Morgan fingerprint density at radius 1 is 1.30 bits per heavy atom. The van der Waals surface area contributed by atoms with E-state index < -0.39 is 5.82 Å². The van der Waals surface area contributed by atoms with Crippen LogP contribution in [-0.2, 0) is 4.79 Å². The number of amides is 1. The van der Waals surface area contributed by atoms with Crippen LogP contribution in [0, 0.1) is 11.7 Å². The molecule has 10 heteroatoms. The second-order valence-electron chi connectivity index (χ2n) is 7.39. The number of benzene rings is 1. The van der Waals surface area contributed by atoms with Gasteiger partial charge in [0, 0.05) is 35.8 Å². The Bertz CT molecular complexity index is 1290. The minimum atomic E-state index is -0.432. The average Bonchev–Trinajstić information content (AvgIpc) is 3.33. The predicted octanol–water partition coefficient (Wildman–Crippen LogP) is 3.33. The van der Waals surface area contributed by atoms with Crippen molar-refractivity contribution in [3.8, 4) is 5.69 Å². The summed E-state index contributed by atoms with van der Waals surface area (Å²) in [5.41, 5.74) is 6.79. The third kappa shape index (κ3) is 3.26. The maximum Gasteiger partial charge on any atom is 0.224 e. The SMILES string of the molecule is NC(=O)[C@@H]1CC[C@@H](Nc2ncc3c(Br)nn(-c4cc(F)c5ncccc5c4)c3n2)C1. The fraction of sp³-hybridized carbons (Fsp3) is 0.250. The molecule has 0 unspecified atom stereocenters. The van der Waals surface area contributed by atoms with E-state index in [4.69, 9.17) is 5.73 Å². The van der Waals surface area contributed by atoms with Gasteiger partial charge in [0.1, 0.15) is 10.1 Å². The number of nitrogens with zero attached hydrogens (tertiary/aromatic N) is 5. The average molecular weight is 470 g/mol. The largest absolute Gasteiger partial charge is 0.369 e. The molecule has 0 aliphatic heterocycles. The second kappa shape index (κ2) is 7.28. The first-order valence-electron chi connectivity index (χ1n) is 9.51. The lowest BCUT2D eigenvalue weighted by molar-refractivity contribution is -0.121. The van der Waals surface area contributed by atoms with E-state index in [1.807, 2.05) is 6.07 Å². The molecule has 1 saturated carbocycles. The van der Waals surface area contributed by atoms with Gasteiger partial charge in [-0.3, -0.25) is 9.78 Å². The Labute approximate surface area is 178 Å². The van der Waals surface area contributed by atoms with E-state index in [1.54, 1.807) is 29.2 Å². The summed E-state index contributed by atoms with van der Waals surface area (Å²) in [6.07, 6.45) is 5.45. The smallest absolute Gasteiger partial charge is 0.224 e. The molecule has 4 aromatic rings. The van der Waals surface area contributed by atoms with Crippen molar-refractivity contribution in [2.75, 3.05) is 5.32 Å². The lowest BCUT2D eigenvalue weighted by atomic mass is 10.1. The number of anilines is 1. The molecule has 0 saturated heterocycles. The minimum absolute atomic E-state index is 0.0731. The maximum atomic E-state index is 14.6. The highest BCUT2D eigenvalue weighted by atomic mass is 79.9. The Morgan fingerprint density at radius 3 is 2.97 bits per heavy atom. The van der Waals surface area contributed by atoms with Crippen LogP contribution < -0.4 is 11.1 Å². The number of hydrogen-bond acceptors (Lipinski definition) is 6. The fourth-order valence-electron chi connectivity index (χ4n) is 3.93. The van der Waals surface area contributed by atoms with Crippen molar-refractivity contribution < 1.29 is 9.18 Å². The number of nitrogens with one attached hydrogen (secondary N) is 1. The van der Waals surface area contributed by atoms with Crippen LogP contribution in [0.25, 0.3) is 27.6 Å². The molecule has 1 fully saturated rings. The number of rotatable bonds is 4. The van der Waals surface area contributed by atoms with E-state index in [1.165, 1.54) is 6.07 Å². The molecule has 3 heterocycles. The quantitative estimate of drug-likeness (QED) is 0.473. The van der Waals surface area contributed by atoms with Gasteiger partial charge in [0.15, 0.2) is 11.5 Å². The molecule has 1 aliphatic rings. The Morgan fingerprint density at radius 2 is 2.17 bits per heavy atom. The van der Waals surface area contributed by atoms with Gasteiger partial charge in [-0.2, -0.15) is 10.1 Å². The number of pyridine rings is 1. The number of halogens is 2. The van der Waals surface area contributed by atoms with Gasteiger partial charge in [-0.25, -0.2) is 14.1 Å². The van der Waals surface area contributed by atoms with Gasteiger partial charge in [0.25, 0.3) is 0 Å². The number of hydrogen-bond donors (Lipinski definition) is 2. The summed E-state index contributed by atoms with van der Waals surface area (Å²) >= 11 is 3.43. The fourth-order valence-corrected chi connectivity index (χ4v) is 4.37. The normalized spacial score (nSPS) is 18.9. The zero-order valence-corrected chi connectivity index (χ0v) is 17.3. The molecule has 1 aliphatic carbocycles. The molecule has 8 nitrogen and oxygen atoms in total. The minimum Gasteiger partial charge on any atom is -0.369 e. The van der Waals surface area contributed by atoms with Crippen LogP contribution in [0.15, 0.2) is 41.3 Å². The molecule has 0 spiro atoms. The summed E-state index contributed by atoms with van der Waals surface area (Å²) in [6.45, 7) is 0. The van der Waals surface area contributed by atoms with Gasteiger partial charge in [-0.1, -0.05) is 6.07 Å². The maximum absolute atomic E-state index is 14.6. The van der Waals surface area contributed by atoms with E-state index in [0.717, 1.165) is 12.8 Å². The molecule has 1 amide bonds. The first-order chi connectivity index (χ1) is 14.5. The lowest BCUT2D eigenvalue weighted by Gasteiger charge is -2.12. The van der Waals surface area contributed by atoms with Gasteiger partial charge in [-0.15, -0.1) is 0 Å². The molecule has 152 valence electrons. The topological polar surface area (TPSA) is 112 Å². The van der Waals surface area contributed by atoms with Crippen LogP contribution in [0.3, 0.4) is 0 Å². The Balaban J connectivity index is 1.54. The van der Waals surface area contributed by atoms with Gasteiger partial charge < -0.3 is 11.1 Å². The van der Waals surface area contributed by atoms with Crippen molar-refractivity contribution in [1.29, 1.82) is 0 Å². The number of nitrogens with two attached hydrogens (primary N) is 1. The number of primary amides is 1. The van der Waals surface area contributed by atoms with E-state index in [-0.39, 0.29) is 17.9 Å². The van der Waals surface area contributed by atoms with Gasteiger partial charge >= 0.3 is 0 Å². The van der Waals surface area contributed by atoms with E-state index in [2.05, 4.69) is 41.3 Å². The van der Waals surface area contributed by atoms with Crippen LogP contribution in [0.1, 0.15) is 19.3 Å². The summed E-state index contributed by atoms with van der Waals surface area (Å²) in [5.74, 6) is -0.404. The lowest BCUT2D eigenvalue weighted by Crippen LogP contribution is -2.23. The molecule has 3 N–H and O–H groups in total. The number of carbonyl (C=O) groups excluding carboxylic acids is 1. The first-order valence-corrected chi connectivity index (χ1v) is 10.3. The second-order valence-corrected chi connectivity index (χ2v) is 8.14. The van der Waals surface area contributed by atoms with Crippen molar-refractivity contribution >= 4 is 49.7 Å². The molecular weight excluding hydrogens is 453 g/mol. The number of aromatic nitrogens is 5. The molecule has 30 heavy (non-hydrogen) atoms. The number of fused-ring (bicyclic) bond motifs is 2. The molecule has 2 atom stereocenters. The third-order valence-electron chi connectivity index (χ3n) is 5.44. The van der Waals surface area contributed by atoms with Crippen molar-refractivity contribution in [1.82, 2.24) is 24.7 Å².